The SMILES string of the molecule is C=Cc1cc(NC(=O)C(N)c2ccc3ccccc3c2)cnc1C=C. The lowest BCUT2D eigenvalue weighted by atomic mass is 10.0. The van der Waals surface area contributed by atoms with Crippen LogP contribution in [-0.4, -0.2) is 10.9 Å². The van der Waals surface area contributed by atoms with Crippen LogP contribution in [0.1, 0.15) is 22.9 Å². The molecular weight excluding hydrogens is 310 g/mol. The summed E-state index contributed by atoms with van der Waals surface area (Å²) < 4.78 is 0. The number of hydrogen-bond acceptors (Lipinski definition) is 3. The van der Waals surface area contributed by atoms with Gasteiger partial charge in [-0.15, -0.1) is 0 Å². The smallest absolute Gasteiger partial charge is 0.245 e. The third-order valence-electron chi connectivity index (χ3n) is 4.05. The van der Waals surface area contributed by atoms with Crippen LogP contribution in [0.2, 0.25) is 0 Å². The fourth-order valence-corrected chi connectivity index (χ4v) is 2.67. The lowest BCUT2D eigenvalue weighted by Crippen LogP contribution is -2.27. The maximum Gasteiger partial charge on any atom is 0.245 e. The number of hydrogen-bond donors (Lipinski definition) is 2. The molecule has 0 saturated heterocycles. The Kier molecular flexibility index (Phi) is 4.73. The Morgan fingerprint density at radius 2 is 1.84 bits per heavy atom. The van der Waals surface area contributed by atoms with E-state index in [1.165, 1.54) is 0 Å². The molecule has 0 spiro atoms. The Morgan fingerprint density at radius 1 is 1.08 bits per heavy atom. The van der Waals surface area contributed by atoms with E-state index in [9.17, 15) is 4.79 Å². The van der Waals surface area contributed by atoms with E-state index in [1.54, 1.807) is 24.4 Å². The van der Waals surface area contributed by atoms with Gasteiger partial charge in [-0.05, 0) is 34.5 Å². The summed E-state index contributed by atoms with van der Waals surface area (Å²) in [5.74, 6) is -0.293. The minimum atomic E-state index is -0.768. The molecule has 0 aliphatic heterocycles. The van der Waals surface area contributed by atoms with E-state index in [4.69, 9.17) is 5.73 Å². The molecule has 3 rings (SSSR count). The minimum absolute atomic E-state index is 0.293. The van der Waals surface area contributed by atoms with E-state index in [-0.39, 0.29) is 5.91 Å². The van der Waals surface area contributed by atoms with Crippen LogP contribution in [0.15, 0.2) is 67.9 Å². The Hall–Kier alpha value is -3.24. The number of nitrogens with one attached hydrogen (secondary N) is 1. The molecule has 0 radical (unpaired) electrons. The molecule has 1 aromatic heterocycles. The zero-order valence-electron chi connectivity index (χ0n) is 13.8. The number of anilines is 1. The number of aromatic nitrogens is 1. The maximum absolute atomic E-state index is 12.5. The lowest BCUT2D eigenvalue weighted by Gasteiger charge is -2.14. The fraction of sp³-hybridized carbons (Fsp3) is 0.0476. The van der Waals surface area contributed by atoms with Gasteiger partial charge >= 0.3 is 0 Å². The van der Waals surface area contributed by atoms with Crippen molar-refractivity contribution in [1.29, 1.82) is 0 Å². The highest BCUT2D eigenvalue weighted by atomic mass is 16.2. The van der Waals surface area contributed by atoms with Gasteiger partial charge in [0.1, 0.15) is 6.04 Å². The molecule has 0 fully saturated rings. The summed E-state index contributed by atoms with van der Waals surface area (Å²) in [7, 11) is 0. The fourth-order valence-electron chi connectivity index (χ4n) is 2.67. The van der Waals surface area contributed by atoms with E-state index in [0.29, 0.717) is 11.4 Å². The number of carbonyl (C=O) groups excluding carboxylic acids is 1. The highest BCUT2D eigenvalue weighted by molar-refractivity contribution is 5.96. The van der Waals surface area contributed by atoms with Gasteiger partial charge in [-0.25, -0.2) is 0 Å². The quantitative estimate of drug-likeness (QED) is 0.738. The van der Waals surface area contributed by atoms with Gasteiger partial charge in [0.25, 0.3) is 0 Å². The first-order valence-corrected chi connectivity index (χ1v) is 7.92. The van der Waals surface area contributed by atoms with Crippen LogP contribution in [0.25, 0.3) is 22.9 Å². The molecule has 0 saturated carbocycles. The molecule has 3 aromatic rings. The number of rotatable bonds is 5. The summed E-state index contributed by atoms with van der Waals surface area (Å²) in [5.41, 5.74) is 8.98. The van der Waals surface area contributed by atoms with E-state index >= 15 is 0 Å². The van der Waals surface area contributed by atoms with Crippen molar-refractivity contribution < 1.29 is 4.79 Å². The van der Waals surface area contributed by atoms with E-state index in [2.05, 4.69) is 23.5 Å². The first kappa shape index (κ1) is 16.6. The molecule has 1 atom stereocenters. The van der Waals surface area contributed by atoms with Gasteiger partial charge in [0, 0.05) is 5.56 Å². The van der Waals surface area contributed by atoms with E-state index in [1.807, 2.05) is 42.5 Å². The lowest BCUT2D eigenvalue weighted by molar-refractivity contribution is -0.117. The van der Waals surface area contributed by atoms with Crippen molar-refractivity contribution in [2.75, 3.05) is 5.32 Å². The molecule has 4 heteroatoms. The highest BCUT2D eigenvalue weighted by Gasteiger charge is 2.16. The van der Waals surface area contributed by atoms with Crippen molar-refractivity contribution in [2.24, 2.45) is 5.73 Å². The monoisotopic (exact) mass is 329 g/mol. The van der Waals surface area contributed by atoms with Crippen molar-refractivity contribution in [3.63, 3.8) is 0 Å². The molecule has 1 unspecified atom stereocenters. The van der Waals surface area contributed by atoms with E-state index < -0.39 is 6.04 Å². The Balaban J connectivity index is 1.82. The van der Waals surface area contributed by atoms with Gasteiger partial charge in [-0.3, -0.25) is 9.78 Å². The molecule has 0 aliphatic rings. The van der Waals surface area contributed by atoms with Crippen LogP contribution in [0.5, 0.6) is 0 Å². The van der Waals surface area contributed by atoms with Crippen molar-refractivity contribution in [3.8, 4) is 0 Å². The number of nitrogens with zero attached hydrogens (tertiary/aromatic N) is 1. The number of fused-ring (bicyclic) bond motifs is 1. The average molecular weight is 329 g/mol. The summed E-state index contributed by atoms with van der Waals surface area (Å²) >= 11 is 0. The normalized spacial score (nSPS) is 11.7. The second-order valence-electron chi connectivity index (χ2n) is 5.68. The number of nitrogens with two attached hydrogens (primary N) is 1. The number of benzene rings is 2. The highest BCUT2D eigenvalue weighted by Crippen LogP contribution is 2.21. The van der Waals surface area contributed by atoms with Crippen molar-refractivity contribution in [1.82, 2.24) is 4.98 Å². The molecule has 4 nitrogen and oxygen atoms in total. The second-order valence-corrected chi connectivity index (χ2v) is 5.68. The standard InChI is InChI=1S/C21H19N3O/c1-3-14-12-18(13-23-19(14)4-2)24-21(25)20(22)17-10-9-15-7-5-6-8-16(15)11-17/h3-13,20H,1-2,22H2,(H,24,25). The zero-order valence-corrected chi connectivity index (χ0v) is 13.8. The van der Waals surface area contributed by atoms with Gasteiger partial charge in [0.15, 0.2) is 0 Å². The molecule has 25 heavy (non-hydrogen) atoms. The summed E-state index contributed by atoms with van der Waals surface area (Å²) in [6.45, 7) is 7.45. The number of carbonyl (C=O) groups is 1. The molecular formula is C21H19N3O. The van der Waals surface area contributed by atoms with Crippen LogP contribution in [0.4, 0.5) is 5.69 Å². The van der Waals surface area contributed by atoms with Crippen molar-refractivity contribution >= 4 is 34.5 Å². The van der Waals surface area contributed by atoms with Gasteiger partial charge in [0.2, 0.25) is 5.91 Å². The summed E-state index contributed by atoms with van der Waals surface area (Å²) in [4.78, 5) is 16.7. The van der Waals surface area contributed by atoms with Crippen LogP contribution >= 0.6 is 0 Å². The molecule has 0 bridgehead atoms. The number of amides is 1. The van der Waals surface area contributed by atoms with Crippen molar-refractivity contribution in [2.45, 2.75) is 6.04 Å². The van der Waals surface area contributed by atoms with Gasteiger partial charge in [0.05, 0.1) is 17.6 Å². The van der Waals surface area contributed by atoms with Crippen molar-refractivity contribution in [3.05, 3.63) is 84.7 Å². The molecule has 3 N–H and O–H groups in total. The predicted molar refractivity (Wildman–Crippen MR) is 104 cm³/mol. The van der Waals surface area contributed by atoms with E-state index in [0.717, 1.165) is 21.9 Å². The zero-order chi connectivity index (χ0) is 17.8. The summed E-state index contributed by atoms with van der Waals surface area (Å²) in [6.07, 6.45) is 4.89. The maximum atomic E-state index is 12.5. The van der Waals surface area contributed by atoms with Crippen LogP contribution in [0.3, 0.4) is 0 Å². The van der Waals surface area contributed by atoms with Gasteiger partial charge < -0.3 is 11.1 Å². The molecule has 124 valence electrons. The molecule has 1 heterocycles. The van der Waals surface area contributed by atoms with Gasteiger partial charge in [-0.2, -0.15) is 0 Å². The molecule has 0 aliphatic carbocycles. The largest absolute Gasteiger partial charge is 0.323 e. The molecule has 2 aromatic carbocycles. The summed E-state index contributed by atoms with van der Waals surface area (Å²) in [6, 6.07) is 14.8. The minimum Gasteiger partial charge on any atom is -0.323 e. The van der Waals surface area contributed by atoms with Crippen LogP contribution in [-0.2, 0) is 4.79 Å². The first-order chi connectivity index (χ1) is 12.1. The van der Waals surface area contributed by atoms with Crippen LogP contribution in [0, 0.1) is 0 Å². The third kappa shape index (κ3) is 3.49. The predicted octanol–water partition coefficient (Wildman–Crippen LogP) is 4.16. The topological polar surface area (TPSA) is 68.0 Å². The molecule has 1 amide bonds. The Morgan fingerprint density at radius 3 is 2.56 bits per heavy atom. The Bertz CT molecular complexity index is 962. The first-order valence-electron chi connectivity index (χ1n) is 7.92. The average Bonchev–Trinajstić information content (AvgIpc) is 2.66. The third-order valence-corrected chi connectivity index (χ3v) is 4.05. The van der Waals surface area contributed by atoms with Crippen LogP contribution < -0.4 is 11.1 Å². The summed E-state index contributed by atoms with van der Waals surface area (Å²) in [5, 5.41) is 4.97. The number of pyridine rings is 1. The van der Waals surface area contributed by atoms with Gasteiger partial charge in [-0.1, -0.05) is 55.6 Å². The Labute approximate surface area is 146 Å². The second kappa shape index (κ2) is 7.11.